The molecule has 1 aromatic carbocycles. The third-order valence-electron chi connectivity index (χ3n) is 6.31. The SMILES string of the molecule is Cn1cc(-c2cc(-c3ccc(C4CCOCC4)c([C@@H]4COCCN4)c3)cnc2N)cn1. The minimum absolute atomic E-state index is 0.200. The van der Waals surface area contributed by atoms with Gasteiger partial charge in [0.15, 0.2) is 0 Å². The number of benzene rings is 1. The average molecular weight is 420 g/mol. The summed E-state index contributed by atoms with van der Waals surface area (Å²) in [5, 5.41) is 7.92. The van der Waals surface area contributed by atoms with Crippen LogP contribution >= 0.6 is 0 Å². The molecule has 7 nitrogen and oxygen atoms in total. The van der Waals surface area contributed by atoms with Gasteiger partial charge in [0.05, 0.1) is 25.5 Å². The maximum absolute atomic E-state index is 6.19. The van der Waals surface area contributed by atoms with Crippen molar-refractivity contribution in [3.8, 4) is 22.3 Å². The van der Waals surface area contributed by atoms with Crippen LogP contribution in [0.4, 0.5) is 5.82 Å². The van der Waals surface area contributed by atoms with Crippen LogP contribution < -0.4 is 11.1 Å². The minimum atomic E-state index is 0.200. The molecule has 2 aliphatic heterocycles. The highest BCUT2D eigenvalue weighted by atomic mass is 16.5. The van der Waals surface area contributed by atoms with Crippen LogP contribution in [0.5, 0.6) is 0 Å². The fourth-order valence-corrected chi connectivity index (χ4v) is 4.63. The highest BCUT2D eigenvalue weighted by Crippen LogP contribution is 2.37. The highest BCUT2D eigenvalue weighted by Gasteiger charge is 2.25. The van der Waals surface area contributed by atoms with E-state index in [0.717, 1.165) is 61.5 Å². The van der Waals surface area contributed by atoms with Crippen LogP contribution in [0.2, 0.25) is 0 Å². The molecule has 0 unspecified atom stereocenters. The number of ether oxygens (including phenoxy) is 2. The van der Waals surface area contributed by atoms with Gasteiger partial charge in [-0.15, -0.1) is 0 Å². The van der Waals surface area contributed by atoms with E-state index in [1.165, 1.54) is 11.1 Å². The maximum atomic E-state index is 6.19. The Hall–Kier alpha value is -2.74. The maximum Gasteiger partial charge on any atom is 0.131 e. The van der Waals surface area contributed by atoms with Crippen molar-refractivity contribution in [3.05, 3.63) is 54.0 Å². The largest absolute Gasteiger partial charge is 0.383 e. The third kappa shape index (κ3) is 4.21. The molecular formula is C24H29N5O2. The molecule has 0 amide bonds. The van der Waals surface area contributed by atoms with Crippen LogP contribution in [0, 0.1) is 0 Å². The Morgan fingerprint density at radius 1 is 1.00 bits per heavy atom. The molecule has 0 radical (unpaired) electrons. The topological polar surface area (TPSA) is 87.2 Å². The van der Waals surface area contributed by atoms with Gasteiger partial charge < -0.3 is 20.5 Å². The van der Waals surface area contributed by atoms with Crippen molar-refractivity contribution in [1.82, 2.24) is 20.1 Å². The van der Waals surface area contributed by atoms with E-state index in [1.807, 2.05) is 25.6 Å². The second-order valence-corrected chi connectivity index (χ2v) is 8.37. The number of pyridine rings is 1. The number of aromatic nitrogens is 3. The van der Waals surface area contributed by atoms with Crippen molar-refractivity contribution in [2.75, 3.05) is 38.7 Å². The zero-order valence-corrected chi connectivity index (χ0v) is 17.9. The fraction of sp³-hybridized carbons (Fsp3) is 0.417. The molecular weight excluding hydrogens is 390 g/mol. The van der Waals surface area contributed by atoms with Gasteiger partial charge in [0, 0.05) is 55.9 Å². The number of nitrogens with zero attached hydrogens (tertiary/aromatic N) is 3. The molecule has 2 aliphatic rings. The molecule has 0 bridgehead atoms. The summed E-state index contributed by atoms with van der Waals surface area (Å²) >= 11 is 0. The second-order valence-electron chi connectivity index (χ2n) is 8.37. The summed E-state index contributed by atoms with van der Waals surface area (Å²) < 4.78 is 13.2. The first-order valence-electron chi connectivity index (χ1n) is 11.0. The van der Waals surface area contributed by atoms with Crippen LogP contribution in [-0.4, -0.2) is 47.7 Å². The lowest BCUT2D eigenvalue weighted by Crippen LogP contribution is -2.35. The van der Waals surface area contributed by atoms with E-state index in [2.05, 4.69) is 39.7 Å². The van der Waals surface area contributed by atoms with E-state index in [1.54, 1.807) is 4.68 Å². The Balaban J connectivity index is 1.55. The smallest absolute Gasteiger partial charge is 0.131 e. The van der Waals surface area contributed by atoms with Crippen LogP contribution in [0.1, 0.15) is 35.9 Å². The van der Waals surface area contributed by atoms with E-state index >= 15 is 0 Å². The first-order chi connectivity index (χ1) is 15.2. The summed E-state index contributed by atoms with van der Waals surface area (Å²) in [6, 6.07) is 9.11. The van der Waals surface area contributed by atoms with Gasteiger partial charge in [0.2, 0.25) is 0 Å². The molecule has 2 saturated heterocycles. The van der Waals surface area contributed by atoms with Crippen molar-refractivity contribution >= 4 is 5.82 Å². The number of hydrogen-bond acceptors (Lipinski definition) is 6. The van der Waals surface area contributed by atoms with E-state index in [4.69, 9.17) is 15.2 Å². The van der Waals surface area contributed by atoms with Gasteiger partial charge in [-0.25, -0.2) is 4.98 Å². The van der Waals surface area contributed by atoms with Crippen LogP contribution in [0.25, 0.3) is 22.3 Å². The van der Waals surface area contributed by atoms with E-state index < -0.39 is 0 Å². The molecule has 162 valence electrons. The van der Waals surface area contributed by atoms with Gasteiger partial charge in [-0.1, -0.05) is 12.1 Å². The molecule has 0 spiro atoms. The van der Waals surface area contributed by atoms with Crippen LogP contribution in [0.3, 0.4) is 0 Å². The molecule has 31 heavy (non-hydrogen) atoms. The summed E-state index contributed by atoms with van der Waals surface area (Å²) in [4.78, 5) is 4.48. The minimum Gasteiger partial charge on any atom is -0.383 e. The number of nitrogen functional groups attached to an aromatic ring is 1. The standard InChI is InChI=1S/C24H29N5O2/c1-29-14-19(13-28-29)21-11-18(12-27-24(21)25)17-2-3-20(16-4-7-30-8-5-16)22(10-17)23-15-31-9-6-26-23/h2-3,10-14,16,23,26H,4-9,15H2,1H3,(H2,25,27)/t23-/m0/s1. The zero-order valence-electron chi connectivity index (χ0n) is 17.9. The number of rotatable bonds is 4. The van der Waals surface area contributed by atoms with Crippen molar-refractivity contribution < 1.29 is 9.47 Å². The first kappa shape index (κ1) is 20.2. The Morgan fingerprint density at radius 2 is 1.87 bits per heavy atom. The number of hydrogen-bond donors (Lipinski definition) is 2. The Labute approximate surface area is 182 Å². The molecule has 7 heteroatoms. The Kier molecular flexibility index (Phi) is 5.72. The van der Waals surface area contributed by atoms with Gasteiger partial charge in [-0.05, 0) is 47.6 Å². The average Bonchev–Trinajstić information content (AvgIpc) is 3.26. The van der Waals surface area contributed by atoms with Crippen LogP contribution in [-0.2, 0) is 16.5 Å². The summed E-state index contributed by atoms with van der Waals surface area (Å²) in [7, 11) is 1.90. The van der Waals surface area contributed by atoms with Crippen molar-refractivity contribution in [2.24, 2.45) is 7.05 Å². The lowest BCUT2D eigenvalue weighted by Gasteiger charge is -2.31. The van der Waals surface area contributed by atoms with Gasteiger partial charge in [-0.3, -0.25) is 4.68 Å². The molecule has 5 rings (SSSR count). The summed E-state index contributed by atoms with van der Waals surface area (Å²) in [6.07, 6.45) is 7.76. The molecule has 3 aromatic rings. The first-order valence-corrected chi connectivity index (χ1v) is 11.0. The monoisotopic (exact) mass is 419 g/mol. The normalized spacial score (nSPS) is 20.1. The van der Waals surface area contributed by atoms with Crippen molar-refractivity contribution in [1.29, 1.82) is 0 Å². The molecule has 2 aromatic heterocycles. The summed E-state index contributed by atoms with van der Waals surface area (Å²) in [6.45, 7) is 3.99. The van der Waals surface area contributed by atoms with Crippen molar-refractivity contribution in [2.45, 2.75) is 24.8 Å². The molecule has 0 saturated carbocycles. The third-order valence-corrected chi connectivity index (χ3v) is 6.31. The lowest BCUT2D eigenvalue weighted by molar-refractivity contribution is 0.0740. The number of aryl methyl sites for hydroxylation is 1. The number of nitrogens with one attached hydrogen (secondary N) is 1. The number of nitrogens with two attached hydrogens (primary N) is 1. The van der Waals surface area contributed by atoms with Gasteiger partial charge in [0.1, 0.15) is 5.82 Å². The molecule has 2 fully saturated rings. The molecule has 3 N–H and O–H groups in total. The molecule has 4 heterocycles. The summed E-state index contributed by atoms with van der Waals surface area (Å²) in [5.74, 6) is 1.04. The highest BCUT2D eigenvalue weighted by molar-refractivity contribution is 5.79. The van der Waals surface area contributed by atoms with Gasteiger partial charge in [0.25, 0.3) is 0 Å². The van der Waals surface area contributed by atoms with E-state index in [0.29, 0.717) is 18.3 Å². The van der Waals surface area contributed by atoms with Crippen molar-refractivity contribution in [3.63, 3.8) is 0 Å². The van der Waals surface area contributed by atoms with E-state index in [-0.39, 0.29) is 6.04 Å². The summed E-state index contributed by atoms with van der Waals surface area (Å²) in [5.41, 5.74) is 13.0. The predicted molar refractivity (Wildman–Crippen MR) is 121 cm³/mol. The lowest BCUT2D eigenvalue weighted by atomic mass is 9.84. The quantitative estimate of drug-likeness (QED) is 0.675. The Bertz CT molecular complexity index is 1050. The van der Waals surface area contributed by atoms with Crippen LogP contribution in [0.15, 0.2) is 42.9 Å². The number of anilines is 1. The molecule has 0 aliphatic carbocycles. The Morgan fingerprint density at radius 3 is 2.61 bits per heavy atom. The van der Waals surface area contributed by atoms with E-state index in [9.17, 15) is 0 Å². The zero-order chi connectivity index (χ0) is 21.2. The predicted octanol–water partition coefficient (Wildman–Crippen LogP) is 3.29. The molecule has 1 atom stereocenters. The number of morpholine rings is 1. The van der Waals surface area contributed by atoms with Gasteiger partial charge >= 0.3 is 0 Å². The fourth-order valence-electron chi connectivity index (χ4n) is 4.63. The van der Waals surface area contributed by atoms with Gasteiger partial charge in [-0.2, -0.15) is 5.10 Å². The second kappa shape index (κ2) is 8.78.